The fourth-order valence-electron chi connectivity index (χ4n) is 9.62. The first kappa shape index (κ1) is 57.5. The Balaban J connectivity index is 1.30. The van der Waals surface area contributed by atoms with Crippen molar-refractivity contribution in [3.05, 3.63) is 227 Å². The van der Waals surface area contributed by atoms with Gasteiger partial charge < -0.3 is 5.32 Å². The maximum absolute atomic E-state index is 13.6. The molecule has 24 heteroatoms. The Morgan fingerprint density at radius 3 is 1.48 bits per heavy atom. The van der Waals surface area contributed by atoms with Gasteiger partial charge in [-0.1, -0.05) is 30.3 Å². The van der Waals surface area contributed by atoms with Crippen LogP contribution in [0.15, 0.2) is 129 Å². The van der Waals surface area contributed by atoms with Crippen molar-refractivity contribution >= 4 is 82.9 Å². The van der Waals surface area contributed by atoms with Crippen LogP contribution in [-0.4, -0.2) is 62.9 Å². The topological polar surface area (TPSA) is 340 Å². The van der Waals surface area contributed by atoms with Gasteiger partial charge in [-0.2, -0.15) is 16.8 Å². The molecule has 3 N–H and O–H groups in total. The molecule has 22 nitrogen and oxygen atoms in total. The van der Waals surface area contributed by atoms with Crippen LogP contribution in [0.3, 0.4) is 0 Å². The van der Waals surface area contributed by atoms with Crippen LogP contribution in [0.2, 0.25) is 0 Å². The minimum Gasteiger partial charge on any atom is -0.355 e. The van der Waals surface area contributed by atoms with Crippen molar-refractivity contribution in [2.24, 2.45) is 4.99 Å². The van der Waals surface area contributed by atoms with Gasteiger partial charge in [0.05, 0.1) is 48.1 Å². The van der Waals surface area contributed by atoms with E-state index >= 15 is 0 Å². The lowest BCUT2D eigenvalue weighted by Crippen LogP contribution is -2.10. The molecule has 6 aromatic carbocycles. The molecule has 0 saturated heterocycles. The van der Waals surface area contributed by atoms with Gasteiger partial charge in [-0.05, 0) is 164 Å². The number of aryl methyl sites for hydroxylation is 5. The number of hydrogen-bond donors (Lipinski definition) is 3. The minimum absolute atomic E-state index is 0.145. The molecule has 6 aromatic rings. The quantitative estimate of drug-likeness (QED) is 0.0330. The number of hydrogen-bond acceptors (Lipinski definition) is 16. The van der Waals surface area contributed by atoms with E-state index < -0.39 is 84.0 Å². The number of carbonyl (C=O) groups is 2. The Bertz CT molecular complexity index is 4020. The standard InChI is InChI=1S/C55H48N6O16S2/c1-28-15-32(5)54(34(7)48(28)26-50(62)36-19-40(58(64)65)23-41(20-36)59(66)67)56-38-9-12-45(30(3)17-38)53(47-14-11-44(78(72,73)74)25-52(47)79(75,76)77)46-13-10-39(18-31(46)4)57-55-33(6)16-29(2)49(35(55)8)27-51(63)37-21-42(60(68)69)24-43(22-37)61(70)71/h9-25,56H,26-27H2,1-8H3,(H,72,73,74)(H,75,76,77). The van der Waals surface area contributed by atoms with Crippen LogP contribution in [0.25, 0.3) is 5.57 Å². The van der Waals surface area contributed by atoms with E-state index in [0.29, 0.717) is 90.1 Å². The second kappa shape index (κ2) is 22.0. The van der Waals surface area contributed by atoms with E-state index in [0.717, 1.165) is 54.1 Å². The number of carbonyl (C=O) groups excluding carboxylic acids is 2. The number of Topliss-reactive ketones (excluding diaryl/α,β-unsaturated/α-hetero) is 2. The predicted molar refractivity (Wildman–Crippen MR) is 293 cm³/mol. The monoisotopic (exact) mass is 1110 g/mol. The Labute approximate surface area is 451 Å². The maximum atomic E-state index is 13.6. The van der Waals surface area contributed by atoms with Gasteiger partial charge in [0, 0.05) is 65.2 Å². The number of benzene rings is 6. The smallest absolute Gasteiger partial charge is 0.295 e. The van der Waals surface area contributed by atoms with Gasteiger partial charge in [-0.15, -0.1) is 0 Å². The van der Waals surface area contributed by atoms with Crippen LogP contribution < -0.4 is 5.32 Å². The Morgan fingerprint density at radius 2 is 1.03 bits per heavy atom. The van der Waals surface area contributed by atoms with Crippen molar-refractivity contribution in [1.29, 1.82) is 0 Å². The number of rotatable bonds is 17. The average molecular weight is 1110 g/mol. The molecule has 0 saturated carbocycles. The normalized spacial score (nSPS) is 13.7. The summed E-state index contributed by atoms with van der Waals surface area (Å²) in [6.07, 6.45) is 4.43. The lowest BCUT2D eigenvalue weighted by molar-refractivity contribution is -0.394. The molecule has 7 rings (SSSR count). The molecule has 0 spiro atoms. The van der Waals surface area contributed by atoms with Gasteiger partial charge in [0.1, 0.15) is 4.90 Å². The molecule has 0 aromatic heterocycles. The van der Waals surface area contributed by atoms with E-state index in [1.54, 1.807) is 91.0 Å². The SMILES string of the molecule is CC1=CC(=Nc2c(C)cc(C)c(CC(=O)c3cc([N+](=O)[O-])cc([N+](=O)[O-])c3)c2C)C=CC1=C(c1ccc(Nc2c(C)cc(C)c(CC(=O)c3cc([N+](=O)[O-])cc([N+](=O)[O-])c3)c2C)cc1C)c1ccc(S(=O)(=O)O)cc1S(=O)(=O)O. The number of nitrogens with zero attached hydrogens (tertiary/aromatic N) is 5. The molecule has 1 aliphatic rings. The lowest BCUT2D eigenvalue weighted by atomic mass is 9.85. The molecule has 0 bridgehead atoms. The zero-order valence-electron chi connectivity index (χ0n) is 43.4. The van der Waals surface area contributed by atoms with Crippen LogP contribution in [0, 0.1) is 88.9 Å². The third kappa shape index (κ3) is 12.3. The third-order valence-corrected chi connectivity index (χ3v) is 15.2. The summed E-state index contributed by atoms with van der Waals surface area (Å²) in [5, 5.41) is 49.7. The predicted octanol–water partition coefficient (Wildman–Crippen LogP) is 11.7. The van der Waals surface area contributed by atoms with Crippen molar-refractivity contribution in [1.82, 2.24) is 0 Å². The summed E-state index contributed by atoms with van der Waals surface area (Å²) in [7, 11) is -10.2. The van der Waals surface area contributed by atoms with E-state index in [9.17, 15) is 76.0 Å². The van der Waals surface area contributed by atoms with Crippen molar-refractivity contribution in [3.63, 3.8) is 0 Å². The van der Waals surface area contributed by atoms with Gasteiger partial charge in [0.15, 0.2) is 11.6 Å². The summed E-state index contributed by atoms with van der Waals surface area (Å²) in [4.78, 5) is 73.6. The molecule has 0 atom stereocenters. The molecule has 0 fully saturated rings. The van der Waals surface area contributed by atoms with Gasteiger partial charge in [-0.3, -0.25) is 59.2 Å². The van der Waals surface area contributed by atoms with Crippen LogP contribution in [-0.2, 0) is 33.1 Å². The second-order valence-corrected chi connectivity index (χ2v) is 21.7. The van der Waals surface area contributed by atoms with E-state index in [1.165, 1.54) is 0 Å². The zero-order chi connectivity index (χ0) is 58.3. The van der Waals surface area contributed by atoms with Crippen LogP contribution in [0.1, 0.15) is 88.8 Å². The van der Waals surface area contributed by atoms with Crippen molar-refractivity contribution in [2.45, 2.75) is 78.0 Å². The van der Waals surface area contributed by atoms with Gasteiger partial charge in [0.25, 0.3) is 43.0 Å². The highest BCUT2D eigenvalue weighted by Crippen LogP contribution is 2.41. The van der Waals surface area contributed by atoms with E-state index in [4.69, 9.17) is 4.99 Å². The number of anilines is 2. The average Bonchev–Trinajstić information content (AvgIpc) is 3.44. The summed E-state index contributed by atoms with van der Waals surface area (Å²) in [5.74, 6) is -1.21. The maximum Gasteiger partial charge on any atom is 0.295 e. The largest absolute Gasteiger partial charge is 0.355 e. The third-order valence-electron chi connectivity index (χ3n) is 13.5. The van der Waals surface area contributed by atoms with Crippen molar-refractivity contribution in [3.8, 4) is 0 Å². The number of ketones is 2. The summed E-state index contributed by atoms with van der Waals surface area (Å²) < 4.78 is 71.5. The van der Waals surface area contributed by atoms with E-state index in [2.05, 4.69) is 5.32 Å². The van der Waals surface area contributed by atoms with E-state index in [1.807, 2.05) is 13.0 Å². The number of nitrogens with one attached hydrogen (secondary N) is 1. The highest BCUT2D eigenvalue weighted by molar-refractivity contribution is 7.86. The number of non-ortho nitro benzene ring substituents is 4. The molecule has 0 radical (unpaired) electrons. The number of aliphatic imine (C=N–C) groups is 1. The zero-order valence-corrected chi connectivity index (χ0v) is 45.0. The van der Waals surface area contributed by atoms with Crippen molar-refractivity contribution < 1.29 is 55.2 Å². The number of nitro benzene ring substituents is 4. The summed E-state index contributed by atoms with van der Waals surface area (Å²) >= 11 is 0. The van der Waals surface area contributed by atoms with Gasteiger partial charge >= 0.3 is 0 Å². The molecule has 0 heterocycles. The first-order chi connectivity index (χ1) is 36.8. The summed E-state index contributed by atoms with van der Waals surface area (Å²) in [5.41, 5.74) is 6.16. The van der Waals surface area contributed by atoms with Crippen LogP contribution in [0.5, 0.6) is 0 Å². The molecule has 0 amide bonds. The Morgan fingerprint density at radius 1 is 0.544 bits per heavy atom. The first-order valence-corrected chi connectivity index (χ1v) is 26.5. The summed E-state index contributed by atoms with van der Waals surface area (Å²) in [6, 6.07) is 17.0. The minimum atomic E-state index is -5.21. The van der Waals surface area contributed by atoms with Crippen LogP contribution in [0.4, 0.5) is 39.8 Å². The molecular formula is C55H48N6O16S2. The highest BCUT2D eigenvalue weighted by atomic mass is 32.2. The first-order valence-electron chi connectivity index (χ1n) is 23.6. The lowest BCUT2D eigenvalue weighted by Gasteiger charge is -2.22. The second-order valence-electron chi connectivity index (χ2n) is 18.9. The fourth-order valence-corrected chi connectivity index (χ4v) is 10.9. The molecule has 1 aliphatic carbocycles. The highest BCUT2D eigenvalue weighted by Gasteiger charge is 2.28. The molecule has 406 valence electrons. The Hall–Kier alpha value is -9.23. The van der Waals surface area contributed by atoms with E-state index in [-0.39, 0.29) is 35.1 Å². The summed E-state index contributed by atoms with van der Waals surface area (Å²) in [6.45, 7) is 14.1. The molecule has 79 heavy (non-hydrogen) atoms. The Kier molecular flexibility index (Phi) is 16.0. The molecule has 0 aliphatic heterocycles. The van der Waals surface area contributed by atoms with Crippen LogP contribution >= 0.6 is 0 Å². The number of allylic oxidation sites excluding steroid dienone is 5. The number of nitro groups is 4. The van der Waals surface area contributed by atoms with Crippen molar-refractivity contribution in [2.75, 3.05) is 5.32 Å². The van der Waals surface area contributed by atoms with Gasteiger partial charge in [0.2, 0.25) is 0 Å². The molecule has 0 unspecified atom stereocenters. The molecular weight excluding hydrogens is 1060 g/mol. The van der Waals surface area contributed by atoms with Gasteiger partial charge in [-0.25, -0.2) is 4.99 Å². The fraction of sp³-hybridized carbons (Fsp3) is 0.182.